The average Bonchev–Trinajstić information content (AvgIpc) is 3.30. The molecule has 1 aromatic heterocycles. The van der Waals surface area contributed by atoms with Crippen LogP contribution in [-0.4, -0.2) is 46.0 Å². The Bertz CT molecular complexity index is 919. The van der Waals surface area contributed by atoms with Crippen LogP contribution in [0.5, 0.6) is 0 Å². The number of benzene rings is 1. The molecule has 1 N–H and O–H groups in total. The van der Waals surface area contributed by atoms with Crippen molar-refractivity contribution in [3.8, 4) is 0 Å². The average molecular weight is 416 g/mol. The Morgan fingerprint density at radius 2 is 2.03 bits per heavy atom. The van der Waals surface area contributed by atoms with Crippen LogP contribution < -0.4 is 5.32 Å². The van der Waals surface area contributed by atoms with Gasteiger partial charge in [-0.25, -0.2) is 4.79 Å². The molecule has 7 heteroatoms. The lowest BCUT2D eigenvalue weighted by molar-refractivity contribution is 0.0196. The van der Waals surface area contributed by atoms with Crippen LogP contribution in [0.25, 0.3) is 10.1 Å². The number of hydrogen-bond acceptors (Lipinski definition) is 5. The number of nitrogens with one attached hydrogen (secondary N) is 1. The van der Waals surface area contributed by atoms with E-state index in [0.29, 0.717) is 36.5 Å². The van der Waals surface area contributed by atoms with Crippen molar-refractivity contribution in [3.63, 3.8) is 0 Å². The summed E-state index contributed by atoms with van der Waals surface area (Å²) >= 11 is 1.33. The summed E-state index contributed by atoms with van der Waals surface area (Å²) in [6, 6.07) is 7.72. The monoisotopic (exact) mass is 415 g/mol. The fraction of sp³-hybridized carbons (Fsp3) is 0.591. The number of amides is 2. The van der Waals surface area contributed by atoms with E-state index in [2.05, 4.69) is 16.6 Å². The minimum Gasteiger partial charge on any atom is -0.444 e. The van der Waals surface area contributed by atoms with Crippen LogP contribution in [0.4, 0.5) is 4.79 Å². The van der Waals surface area contributed by atoms with E-state index in [1.54, 1.807) is 0 Å². The number of nitrogens with zero attached hydrogens (tertiary/aromatic N) is 2. The van der Waals surface area contributed by atoms with Crippen molar-refractivity contribution in [3.05, 3.63) is 30.0 Å². The molecule has 1 aromatic carbocycles. The van der Waals surface area contributed by atoms with Crippen molar-refractivity contribution in [1.82, 2.24) is 14.6 Å². The van der Waals surface area contributed by atoms with E-state index in [-0.39, 0.29) is 18.0 Å². The zero-order valence-electron chi connectivity index (χ0n) is 17.5. The molecule has 156 valence electrons. The molecule has 1 saturated heterocycles. The number of ether oxygens (including phenoxy) is 1. The highest BCUT2D eigenvalue weighted by molar-refractivity contribution is 7.13. The van der Waals surface area contributed by atoms with Crippen LogP contribution in [0.3, 0.4) is 0 Å². The maximum Gasteiger partial charge on any atom is 0.410 e. The second kappa shape index (κ2) is 7.59. The molecule has 1 saturated carbocycles. The van der Waals surface area contributed by atoms with Gasteiger partial charge in [-0.2, -0.15) is 4.37 Å². The van der Waals surface area contributed by atoms with Gasteiger partial charge in [-0.15, -0.1) is 0 Å². The maximum atomic E-state index is 12.8. The van der Waals surface area contributed by atoms with E-state index in [1.807, 2.05) is 49.9 Å². The lowest BCUT2D eigenvalue weighted by Crippen LogP contribution is -2.47. The zero-order valence-corrected chi connectivity index (χ0v) is 18.3. The molecular weight excluding hydrogens is 386 g/mol. The van der Waals surface area contributed by atoms with Crippen molar-refractivity contribution in [2.75, 3.05) is 13.1 Å². The van der Waals surface area contributed by atoms with Crippen molar-refractivity contribution in [1.29, 1.82) is 0 Å². The van der Waals surface area contributed by atoms with Crippen LogP contribution in [0, 0.1) is 17.8 Å². The topological polar surface area (TPSA) is 71.5 Å². The Labute approximate surface area is 175 Å². The van der Waals surface area contributed by atoms with Gasteiger partial charge in [0.2, 0.25) is 0 Å². The molecule has 0 radical (unpaired) electrons. The lowest BCUT2D eigenvalue weighted by atomic mass is 9.94. The highest BCUT2D eigenvalue weighted by Gasteiger charge is 2.49. The Morgan fingerprint density at radius 1 is 1.28 bits per heavy atom. The van der Waals surface area contributed by atoms with Gasteiger partial charge in [0.05, 0.1) is 10.7 Å². The second-order valence-electron chi connectivity index (χ2n) is 9.44. The van der Waals surface area contributed by atoms with Crippen molar-refractivity contribution >= 4 is 33.6 Å². The minimum absolute atomic E-state index is 0.0337. The number of rotatable bonds is 3. The quantitative estimate of drug-likeness (QED) is 0.811. The summed E-state index contributed by atoms with van der Waals surface area (Å²) in [5, 5.41) is 3.92. The van der Waals surface area contributed by atoms with Gasteiger partial charge in [-0.1, -0.05) is 25.1 Å². The summed E-state index contributed by atoms with van der Waals surface area (Å²) in [6.07, 6.45) is 1.94. The van der Waals surface area contributed by atoms with Gasteiger partial charge in [0.15, 0.2) is 0 Å². The number of hydrogen-bond donors (Lipinski definition) is 1. The Morgan fingerprint density at radius 3 is 2.79 bits per heavy atom. The van der Waals surface area contributed by atoms with Gasteiger partial charge in [-0.3, -0.25) is 4.79 Å². The number of likely N-dealkylation sites (tertiary alicyclic amines) is 1. The predicted octanol–water partition coefficient (Wildman–Crippen LogP) is 4.31. The number of fused-ring (bicyclic) bond motifs is 2. The van der Waals surface area contributed by atoms with Gasteiger partial charge in [0.1, 0.15) is 11.3 Å². The summed E-state index contributed by atoms with van der Waals surface area (Å²) in [7, 11) is 0. The molecular formula is C22H29N3O3S. The van der Waals surface area contributed by atoms with E-state index < -0.39 is 5.60 Å². The van der Waals surface area contributed by atoms with Crippen molar-refractivity contribution in [2.45, 2.75) is 52.2 Å². The highest BCUT2D eigenvalue weighted by atomic mass is 32.1. The first-order chi connectivity index (χ1) is 13.7. The molecule has 2 heterocycles. The maximum absolute atomic E-state index is 12.8. The van der Waals surface area contributed by atoms with Crippen LogP contribution in [0.2, 0.25) is 0 Å². The first-order valence-electron chi connectivity index (χ1n) is 10.3. The molecule has 29 heavy (non-hydrogen) atoms. The SMILES string of the molecule is CC1C[C@H]2CN(C(=O)OC(C)(C)C)[C@H](CNC(=O)c3nsc4ccccc34)[C@H]2C1. The largest absolute Gasteiger partial charge is 0.444 e. The summed E-state index contributed by atoms with van der Waals surface area (Å²) in [5.41, 5.74) is -0.0705. The number of aromatic nitrogens is 1. The van der Waals surface area contributed by atoms with Crippen LogP contribution in [-0.2, 0) is 4.74 Å². The zero-order chi connectivity index (χ0) is 20.8. The van der Waals surface area contributed by atoms with Crippen LogP contribution in [0.15, 0.2) is 24.3 Å². The molecule has 2 aromatic rings. The molecule has 2 aliphatic rings. The Balaban J connectivity index is 1.49. The Kier molecular flexibility index (Phi) is 5.27. The smallest absolute Gasteiger partial charge is 0.410 e. The van der Waals surface area contributed by atoms with E-state index in [1.165, 1.54) is 11.5 Å². The lowest BCUT2D eigenvalue weighted by Gasteiger charge is -2.31. The molecule has 1 aliphatic carbocycles. The summed E-state index contributed by atoms with van der Waals surface area (Å²) in [5.74, 6) is 1.37. The molecule has 0 bridgehead atoms. The fourth-order valence-corrected chi connectivity index (χ4v) is 5.64. The summed E-state index contributed by atoms with van der Waals surface area (Å²) in [6.45, 7) is 9.06. The normalized spacial score (nSPS) is 26.6. The molecule has 4 rings (SSSR count). The van der Waals surface area contributed by atoms with Gasteiger partial charge in [0.25, 0.3) is 5.91 Å². The predicted molar refractivity (Wildman–Crippen MR) is 114 cm³/mol. The molecule has 0 spiro atoms. The number of carbonyl (C=O) groups excluding carboxylic acids is 2. The minimum atomic E-state index is -0.532. The fourth-order valence-electron chi connectivity index (χ4n) is 4.87. The highest BCUT2D eigenvalue weighted by Crippen LogP contribution is 2.45. The van der Waals surface area contributed by atoms with Crippen molar-refractivity contribution < 1.29 is 14.3 Å². The third-order valence-electron chi connectivity index (χ3n) is 6.00. The van der Waals surface area contributed by atoms with Gasteiger partial charge in [0, 0.05) is 18.5 Å². The van der Waals surface area contributed by atoms with Gasteiger partial charge < -0.3 is 15.0 Å². The van der Waals surface area contributed by atoms with E-state index in [0.717, 1.165) is 22.9 Å². The van der Waals surface area contributed by atoms with E-state index in [9.17, 15) is 9.59 Å². The molecule has 1 aliphatic heterocycles. The molecule has 4 atom stereocenters. The van der Waals surface area contributed by atoms with Crippen molar-refractivity contribution in [2.24, 2.45) is 17.8 Å². The van der Waals surface area contributed by atoms with Crippen LogP contribution >= 0.6 is 11.5 Å². The van der Waals surface area contributed by atoms with E-state index in [4.69, 9.17) is 4.74 Å². The summed E-state index contributed by atoms with van der Waals surface area (Å²) in [4.78, 5) is 27.5. The standard InChI is InChI=1S/C22H29N3O3S/c1-13-9-14-12-25(21(27)28-22(2,3)4)17(16(14)10-13)11-23-20(26)19-15-7-5-6-8-18(15)29-24-19/h5-8,13-14,16-17H,9-12H2,1-4H3,(H,23,26)/t13?,14-,16-,17+/m0/s1. The first-order valence-corrected chi connectivity index (χ1v) is 11.1. The molecule has 6 nitrogen and oxygen atoms in total. The third-order valence-corrected chi connectivity index (χ3v) is 6.83. The third kappa shape index (κ3) is 4.10. The molecule has 2 amide bonds. The van der Waals surface area contributed by atoms with E-state index >= 15 is 0 Å². The summed E-state index contributed by atoms with van der Waals surface area (Å²) < 4.78 is 11.0. The number of carbonyl (C=O) groups is 2. The van der Waals surface area contributed by atoms with Gasteiger partial charge in [-0.05, 0) is 69.0 Å². The molecule has 2 fully saturated rings. The van der Waals surface area contributed by atoms with Crippen LogP contribution in [0.1, 0.15) is 51.0 Å². The molecule has 1 unspecified atom stereocenters. The Hall–Kier alpha value is -2.15. The van der Waals surface area contributed by atoms with Gasteiger partial charge >= 0.3 is 6.09 Å². The first kappa shape index (κ1) is 20.1. The second-order valence-corrected chi connectivity index (χ2v) is 10.2.